The Morgan fingerprint density at radius 3 is 3.00 bits per heavy atom. The molecule has 0 bridgehead atoms. The molecule has 1 aliphatic carbocycles. The fourth-order valence-electron chi connectivity index (χ4n) is 2.58. The van der Waals surface area contributed by atoms with Crippen LogP contribution in [0.3, 0.4) is 0 Å². The van der Waals surface area contributed by atoms with Gasteiger partial charge < -0.3 is 14.8 Å². The summed E-state index contributed by atoms with van der Waals surface area (Å²) in [6.45, 7) is 0. The minimum Gasteiger partial charge on any atom is -0.445 e. The van der Waals surface area contributed by atoms with Crippen molar-refractivity contribution in [3.8, 4) is 11.5 Å². The molecule has 0 aliphatic heterocycles. The average molecular weight is 272 g/mol. The molecule has 2 unspecified atom stereocenters. The lowest BCUT2D eigenvalue weighted by Gasteiger charge is -2.14. The van der Waals surface area contributed by atoms with Crippen molar-refractivity contribution < 1.29 is 14.3 Å². The number of hydrogen-bond donors (Lipinski definition) is 2. The van der Waals surface area contributed by atoms with Crippen LogP contribution >= 0.6 is 0 Å². The molecule has 2 atom stereocenters. The Morgan fingerprint density at radius 2 is 2.30 bits per heavy atom. The monoisotopic (exact) mass is 272 g/mol. The van der Waals surface area contributed by atoms with E-state index in [0.717, 1.165) is 18.4 Å². The molecule has 104 valence electrons. The van der Waals surface area contributed by atoms with Gasteiger partial charge in [-0.25, -0.2) is 4.98 Å². The average Bonchev–Trinajstić information content (AvgIpc) is 3.09. The van der Waals surface area contributed by atoms with E-state index in [1.165, 1.54) is 6.26 Å². The van der Waals surface area contributed by atoms with Gasteiger partial charge in [-0.1, -0.05) is 6.07 Å². The number of nitrogens with zero attached hydrogens (tertiary/aromatic N) is 1. The summed E-state index contributed by atoms with van der Waals surface area (Å²) >= 11 is 0. The Morgan fingerprint density at radius 1 is 1.40 bits per heavy atom. The van der Waals surface area contributed by atoms with Crippen LogP contribution in [-0.2, 0) is 4.79 Å². The van der Waals surface area contributed by atoms with Crippen molar-refractivity contribution in [2.24, 2.45) is 5.92 Å². The number of aliphatic hydroxyl groups is 1. The zero-order chi connectivity index (χ0) is 13.9. The van der Waals surface area contributed by atoms with Gasteiger partial charge in [0.05, 0.1) is 18.2 Å². The van der Waals surface area contributed by atoms with Crippen molar-refractivity contribution in [1.82, 2.24) is 4.98 Å². The summed E-state index contributed by atoms with van der Waals surface area (Å²) < 4.78 is 5.23. The molecule has 5 heteroatoms. The number of nitrogens with one attached hydrogen (secondary N) is 1. The third kappa shape index (κ3) is 2.58. The van der Waals surface area contributed by atoms with Gasteiger partial charge in [-0.2, -0.15) is 0 Å². The molecule has 0 spiro atoms. The van der Waals surface area contributed by atoms with Gasteiger partial charge in [-0.15, -0.1) is 0 Å². The van der Waals surface area contributed by atoms with Crippen LogP contribution < -0.4 is 5.32 Å². The summed E-state index contributed by atoms with van der Waals surface area (Å²) in [5, 5.41) is 12.6. The SMILES string of the molecule is O=C(Nc1cccc(-c2ncco2)c1)C1CCCC1O. The van der Waals surface area contributed by atoms with E-state index >= 15 is 0 Å². The van der Waals surface area contributed by atoms with Gasteiger partial charge in [0.25, 0.3) is 0 Å². The van der Waals surface area contributed by atoms with Gasteiger partial charge in [-0.05, 0) is 37.5 Å². The molecule has 0 saturated heterocycles. The van der Waals surface area contributed by atoms with E-state index in [1.54, 1.807) is 6.20 Å². The first-order chi connectivity index (χ1) is 9.74. The van der Waals surface area contributed by atoms with Crippen molar-refractivity contribution in [1.29, 1.82) is 0 Å². The predicted octanol–water partition coefficient (Wildman–Crippen LogP) is 2.44. The van der Waals surface area contributed by atoms with E-state index in [1.807, 2.05) is 24.3 Å². The predicted molar refractivity (Wildman–Crippen MR) is 73.9 cm³/mol. The molecule has 3 rings (SSSR count). The number of anilines is 1. The van der Waals surface area contributed by atoms with Crippen molar-refractivity contribution in [3.05, 3.63) is 36.7 Å². The van der Waals surface area contributed by atoms with Gasteiger partial charge in [0.1, 0.15) is 6.26 Å². The molecule has 1 saturated carbocycles. The smallest absolute Gasteiger partial charge is 0.230 e. The minimum atomic E-state index is -0.523. The largest absolute Gasteiger partial charge is 0.445 e. The van der Waals surface area contributed by atoms with Gasteiger partial charge in [-0.3, -0.25) is 4.79 Å². The minimum absolute atomic E-state index is 0.125. The second-order valence-electron chi connectivity index (χ2n) is 5.01. The van der Waals surface area contributed by atoms with E-state index in [4.69, 9.17) is 4.42 Å². The highest BCUT2D eigenvalue weighted by Gasteiger charge is 2.31. The van der Waals surface area contributed by atoms with E-state index in [2.05, 4.69) is 10.3 Å². The fraction of sp³-hybridized carbons (Fsp3) is 0.333. The number of amides is 1. The summed E-state index contributed by atoms with van der Waals surface area (Å²) in [7, 11) is 0. The Kier molecular flexibility index (Phi) is 3.52. The first kappa shape index (κ1) is 12.9. The summed E-state index contributed by atoms with van der Waals surface area (Å²) in [5.74, 6) is 0.0851. The molecule has 20 heavy (non-hydrogen) atoms. The second-order valence-corrected chi connectivity index (χ2v) is 5.01. The molecule has 1 aromatic carbocycles. The van der Waals surface area contributed by atoms with Crippen LogP contribution in [0.4, 0.5) is 5.69 Å². The molecule has 1 fully saturated rings. The normalized spacial score (nSPS) is 21.9. The number of benzene rings is 1. The van der Waals surface area contributed by atoms with E-state index in [9.17, 15) is 9.90 Å². The third-order valence-electron chi connectivity index (χ3n) is 3.63. The first-order valence-electron chi connectivity index (χ1n) is 6.73. The van der Waals surface area contributed by atoms with Crippen molar-refractivity contribution in [3.63, 3.8) is 0 Å². The van der Waals surface area contributed by atoms with Crippen LogP contribution in [0.2, 0.25) is 0 Å². The maximum Gasteiger partial charge on any atom is 0.230 e. The fourth-order valence-corrected chi connectivity index (χ4v) is 2.58. The Hall–Kier alpha value is -2.14. The summed E-state index contributed by atoms with van der Waals surface area (Å²) in [6.07, 6.45) is 4.91. The molecule has 2 N–H and O–H groups in total. The van der Waals surface area contributed by atoms with Crippen LogP contribution in [0.1, 0.15) is 19.3 Å². The Bertz CT molecular complexity index is 595. The lowest BCUT2D eigenvalue weighted by molar-refractivity contribution is -0.122. The standard InChI is InChI=1S/C15H16N2O3/c18-13-6-2-5-12(13)14(19)17-11-4-1-3-10(9-11)15-16-7-8-20-15/h1,3-4,7-9,12-13,18H,2,5-6H2,(H,17,19). The number of aromatic nitrogens is 1. The molecular weight excluding hydrogens is 256 g/mol. The van der Waals surface area contributed by atoms with Gasteiger partial charge in [0.2, 0.25) is 11.8 Å². The van der Waals surface area contributed by atoms with Crippen LogP contribution in [0.5, 0.6) is 0 Å². The molecule has 1 heterocycles. The van der Waals surface area contributed by atoms with Crippen molar-refractivity contribution in [2.45, 2.75) is 25.4 Å². The molecule has 5 nitrogen and oxygen atoms in total. The highest BCUT2D eigenvalue weighted by Crippen LogP contribution is 2.27. The number of carbonyl (C=O) groups is 1. The number of rotatable bonds is 3. The van der Waals surface area contributed by atoms with E-state index in [0.29, 0.717) is 18.0 Å². The molecule has 2 aromatic rings. The van der Waals surface area contributed by atoms with Gasteiger partial charge in [0.15, 0.2) is 0 Å². The number of oxazole rings is 1. The number of carbonyl (C=O) groups excluding carboxylic acids is 1. The Labute approximate surface area is 116 Å². The molecular formula is C15H16N2O3. The topological polar surface area (TPSA) is 75.4 Å². The van der Waals surface area contributed by atoms with E-state index in [-0.39, 0.29) is 11.8 Å². The van der Waals surface area contributed by atoms with Crippen LogP contribution in [0.15, 0.2) is 41.1 Å². The summed E-state index contributed by atoms with van der Waals surface area (Å²) in [6, 6.07) is 7.32. The molecule has 1 aromatic heterocycles. The highest BCUT2D eigenvalue weighted by atomic mass is 16.3. The number of hydrogen-bond acceptors (Lipinski definition) is 4. The zero-order valence-corrected chi connectivity index (χ0v) is 11.0. The molecule has 1 amide bonds. The molecule has 1 aliphatic rings. The van der Waals surface area contributed by atoms with Gasteiger partial charge in [0, 0.05) is 11.3 Å². The van der Waals surface area contributed by atoms with Crippen LogP contribution in [-0.4, -0.2) is 22.1 Å². The van der Waals surface area contributed by atoms with Crippen LogP contribution in [0.25, 0.3) is 11.5 Å². The first-order valence-corrected chi connectivity index (χ1v) is 6.73. The van der Waals surface area contributed by atoms with Crippen molar-refractivity contribution >= 4 is 11.6 Å². The third-order valence-corrected chi connectivity index (χ3v) is 3.63. The quantitative estimate of drug-likeness (QED) is 0.899. The lowest BCUT2D eigenvalue weighted by atomic mass is 10.1. The summed E-state index contributed by atoms with van der Waals surface area (Å²) in [4.78, 5) is 16.2. The van der Waals surface area contributed by atoms with Crippen LogP contribution in [0, 0.1) is 5.92 Å². The maximum absolute atomic E-state index is 12.1. The maximum atomic E-state index is 12.1. The Balaban J connectivity index is 1.74. The summed E-state index contributed by atoms with van der Waals surface area (Å²) in [5.41, 5.74) is 1.49. The van der Waals surface area contributed by atoms with E-state index < -0.39 is 6.10 Å². The molecule has 0 radical (unpaired) electrons. The zero-order valence-electron chi connectivity index (χ0n) is 11.0. The number of aliphatic hydroxyl groups excluding tert-OH is 1. The van der Waals surface area contributed by atoms with Gasteiger partial charge >= 0.3 is 0 Å². The lowest BCUT2D eigenvalue weighted by Crippen LogP contribution is -2.28. The second kappa shape index (κ2) is 5.46. The van der Waals surface area contributed by atoms with Crippen molar-refractivity contribution in [2.75, 3.05) is 5.32 Å². The highest BCUT2D eigenvalue weighted by molar-refractivity contribution is 5.93.